The molecule has 0 unspecified atom stereocenters. The topological polar surface area (TPSA) is 89.9 Å². The van der Waals surface area contributed by atoms with Crippen LogP contribution in [0, 0.1) is 0 Å². The molecule has 0 fully saturated rings. The number of hydrogen-bond donors (Lipinski definition) is 1. The smallest absolute Gasteiger partial charge is 0.339 e. The van der Waals surface area contributed by atoms with Crippen molar-refractivity contribution >= 4 is 27.7 Å². The van der Waals surface area contributed by atoms with Gasteiger partial charge in [0.1, 0.15) is 4.90 Å². The fraction of sp³-hybridized carbons (Fsp3) is 0.133. The number of carboxylic acids is 1. The van der Waals surface area contributed by atoms with E-state index in [9.17, 15) is 13.2 Å². The number of halogens is 1. The first-order chi connectivity index (χ1) is 10.8. The summed E-state index contributed by atoms with van der Waals surface area (Å²) in [5.74, 6) is -1.21. The van der Waals surface area contributed by atoms with E-state index in [1.165, 1.54) is 42.5 Å². The third-order valence-corrected chi connectivity index (χ3v) is 4.29. The van der Waals surface area contributed by atoms with Crippen LogP contribution in [0.15, 0.2) is 47.4 Å². The Balaban J connectivity index is 2.38. The van der Waals surface area contributed by atoms with Gasteiger partial charge in [0, 0.05) is 5.02 Å². The first kappa shape index (κ1) is 17.1. The summed E-state index contributed by atoms with van der Waals surface area (Å²) < 4.78 is 34.8. The monoisotopic (exact) mass is 356 g/mol. The molecule has 0 heterocycles. The van der Waals surface area contributed by atoms with Crippen LogP contribution in [-0.2, 0) is 10.1 Å². The number of carbonyl (C=O) groups is 1. The molecule has 0 aromatic heterocycles. The van der Waals surface area contributed by atoms with Crippen molar-refractivity contribution in [3.63, 3.8) is 0 Å². The molecule has 0 saturated heterocycles. The highest BCUT2D eigenvalue weighted by Crippen LogP contribution is 2.31. The van der Waals surface area contributed by atoms with Gasteiger partial charge < -0.3 is 14.0 Å². The third kappa shape index (κ3) is 4.14. The molecule has 0 spiro atoms. The van der Waals surface area contributed by atoms with Crippen LogP contribution in [0.2, 0.25) is 5.02 Å². The first-order valence-electron chi connectivity index (χ1n) is 6.53. The largest absolute Gasteiger partial charge is 0.490 e. The van der Waals surface area contributed by atoms with E-state index in [0.717, 1.165) is 0 Å². The van der Waals surface area contributed by atoms with Gasteiger partial charge in [-0.25, -0.2) is 4.79 Å². The lowest BCUT2D eigenvalue weighted by Gasteiger charge is -2.12. The Morgan fingerprint density at radius 2 is 1.78 bits per heavy atom. The van der Waals surface area contributed by atoms with Gasteiger partial charge in [-0.3, -0.25) is 0 Å². The van der Waals surface area contributed by atoms with Crippen molar-refractivity contribution < 1.29 is 27.2 Å². The summed E-state index contributed by atoms with van der Waals surface area (Å²) in [4.78, 5) is 10.9. The average molecular weight is 357 g/mol. The summed E-state index contributed by atoms with van der Waals surface area (Å²) in [6.07, 6.45) is 0. The van der Waals surface area contributed by atoms with Crippen molar-refractivity contribution in [2.75, 3.05) is 6.61 Å². The Kier molecular flexibility index (Phi) is 5.12. The summed E-state index contributed by atoms with van der Waals surface area (Å²) in [6, 6.07) is 9.15. The molecule has 6 nitrogen and oxygen atoms in total. The van der Waals surface area contributed by atoms with Crippen LogP contribution in [0.5, 0.6) is 11.5 Å². The van der Waals surface area contributed by atoms with Crippen LogP contribution < -0.4 is 8.92 Å². The van der Waals surface area contributed by atoms with Crippen LogP contribution in [0.4, 0.5) is 0 Å². The second kappa shape index (κ2) is 6.89. The summed E-state index contributed by atoms with van der Waals surface area (Å²) in [5.41, 5.74) is -0.0373. The predicted octanol–water partition coefficient (Wildman–Crippen LogP) is 3.20. The van der Waals surface area contributed by atoms with Gasteiger partial charge in [0.25, 0.3) is 0 Å². The Labute approximate surface area is 138 Å². The molecule has 0 radical (unpaired) electrons. The van der Waals surface area contributed by atoms with Crippen LogP contribution in [-0.4, -0.2) is 26.1 Å². The normalized spacial score (nSPS) is 11.0. The van der Waals surface area contributed by atoms with Crippen LogP contribution in [0.1, 0.15) is 17.3 Å². The minimum absolute atomic E-state index is 0.0324. The SMILES string of the molecule is CCOc1cc(C(=O)O)ccc1OS(=O)(=O)c1ccc(Cl)cc1. The highest BCUT2D eigenvalue weighted by Gasteiger charge is 2.20. The molecule has 23 heavy (non-hydrogen) atoms. The van der Waals surface area contributed by atoms with Crippen molar-refractivity contribution in [2.24, 2.45) is 0 Å². The van der Waals surface area contributed by atoms with Crippen molar-refractivity contribution in [2.45, 2.75) is 11.8 Å². The Morgan fingerprint density at radius 3 is 2.35 bits per heavy atom. The lowest BCUT2D eigenvalue weighted by atomic mass is 10.2. The molecule has 0 bridgehead atoms. The Hall–Kier alpha value is -2.25. The number of benzene rings is 2. The number of carboxylic acid groups (broad SMARTS) is 1. The second-order valence-corrected chi connectivity index (χ2v) is 6.37. The maximum absolute atomic E-state index is 12.3. The molecule has 2 aromatic rings. The summed E-state index contributed by atoms with van der Waals surface area (Å²) in [5, 5.41) is 9.37. The zero-order chi connectivity index (χ0) is 17.0. The lowest BCUT2D eigenvalue weighted by molar-refractivity contribution is 0.0696. The van der Waals surface area contributed by atoms with E-state index in [2.05, 4.69) is 0 Å². The summed E-state index contributed by atoms with van der Waals surface area (Å²) in [7, 11) is -4.09. The fourth-order valence-corrected chi connectivity index (χ4v) is 2.81. The zero-order valence-electron chi connectivity index (χ0n) is 12.0. The van der Waals surface area contributed by atoms with Crippen LogP contribution in [0.3, 0.4) is 0 Å². The van der Waals surface area contributed by atoms with Gasteiger partial charge in [-0.15, -0.1) is 0 Å². The molecular formula is C15H13ClO6S. The molecule has 0 aliphatic heterocycles. The van der Waals surface area contributed by atoms with Gasteiger partial charge in [0.2, 0.25) is 0 Å². The van der Waals surface area contributed by atoms with E-state index >= 15 is 0 Å². The Bertz CT molecular complexity index is 814. The molecular weight excluding hydrogens is 344 g/mol. The van der Waals surface area contributed by atoms with Gasteiger partial charge in [-0.1, -0.05) is 11.6 Å². The predicted molar refractivity (Wildman–Crippen MR) is 83.8 cm³/mol. The van der Waals surface area contributed by atoms with Crippen LogP contribution in [0.25, 0.3) is 0 Å². The second-order valence-electron chi connectivity index (χ2n) is 4.39. The number of ether oxygens (including phenoxy) is 1. The fourth-order valence-electron chi connectivity index (χ4n) is 1.75. The minimum Gasteiger partial charge on any atom is -0.490 e. The Morgan fingerprint density at radius 1 is 1.13 bits per heavy atom. The molecule has 2 rings (SSSR count). The zero-order valence-corrected chi connectivity index (χ0v) is 13.6. The third-order valence-electron chi connectivity index (χ3n) is 2.79. The molecule has 0 atom stereocenters. The highest BCUT2D eigenvalue weighted by molar-refractivity contribution is 7.87. The van der Waals surface area contributed by atoms with E-state index in [1.54, 1.807) is 6.92 Å². The number of aromatic carboxylic acids is 1. The van der Waals surface area contributed by atoms with E-state index in [0.29, 0.717) is 5.02 Å². The molecule has 0 saturated carbocycles. The highest BCUT2D eigenvalue weighted by atomic mass is 35.5. The van der Waals surface area contributed by atoms with E-state index in [-0.39, 0.29) is 28.6 Å². The molecule has 1 N–H and O–H groups in total. The van der Waals surface area contributed by atoms with Gasteiger partial charge >= 0.3 is 16.1 Å². The van der Waals surface area contributed by atoms with Gasteiger partial charge in [-0.05, 0) is 49.4 Å². The number of hydrogen-bond acceptors (Lipinski definition) is 5. The summed E-state index contributed by atoms with van der Waals surface area (Å²) in [6.45, 7) is 1.91. The minimum atomic E-state index is -4.09. The first-order valence-corrected chi connectivity index (χ1v) is 8.32. The molecule has 122 valence electrons. The number of rotatable bonds is 6. The van der Waals surface area contributed by atoms with E-state index in [4.69, 9.17) is 25.6 Å². The van der Waals surface area contributed by atoms with Crippen LogP contribution >= 0.6 is 11.6 Å². The van der Waals surface area contributed by atoms with Crippen molar-refractivity contribution in [3.05, 3.63) is 53.1 Å². The maximum Gasteiger partial charge on any atom is 0.339 e. The maximum atomic E-state index is 12.3. The van der Waals surface area contributed by atoms with Crippen molar-refractivity contribution in [1.82, 2.24) is 0 Å². The quantitative estimate of drug-likeness (QED) is 0.799. The summed E-state index contributed by atoms with van der Waals surface area (Å²) >= 11 is 5.72. The van der Waals surface area contributed by atoms with Crippen molar-refractivity contribution in [1.29, 1.82) is 0 Å². The molecule has 0 aliphatic rings. The average Bonchev–Trinajstić information content (AvgIpc) is 2.49. The van der Waals surface area contributed by atoms with Gasteiger partial charge in [-0.2, -0.15) is 8.42 Å². The standard InChI is InChI=1S/C15H13ClO6S/c1-2-21-14-9-10(15(17)18)3-8-13(14)22-23(19,20)12-6-4-11(16)5-7-12/h3-9H,2H2,1H3,(H,17,18). The molecule has 8 heteroatoms. The van der Waals surface area contributed by atoms with Gasteiger partial charge in [0.15, 0.2) is 11.5 Å². The van der Waals surface area contributed by atoms with Gasteiger partial charge in [0.05, 0.1) is 12.2 Å². The van der Waals surface area contributed by atoms with Crippen molar-refractivity contribution in [3.8, 4) is 11.5 Å². The van der Waals surface area contributed by atoms with E-state index < -0.39 is 16.1 Å². The lowest BCUT2D eigenvalue weighted by Crippen LogP contribution is -2.11. The molecule has 0 amide bonds. The molecule has 0 aliphatic carbocycles. The van der Waals surface area contributed by atoms with E-state index in [1.807, 2.05) is 0 Å². The molecule has 2 aromatic carbocycles.